The van der Waals surface area contributed by atoms with Crippen molar-refractivity contribution in [2.45, 2.75) is 12.6 Å². The number of carboxylic acids is 1. The Hall–Kier alpha value is -1.24. The largest absolute Gasteiger partial charge is 0.492 e. The zero-order valence-corrected chi connectivity index (χ0v) is 10.0. The number of hydrogen-bond acceptors (Lipinski definition) is 2. The van der Waals surface area contributed by atoms with E-state index >= 15 is 0 Å². The minimum atomic E-state index is -4.32. The Balaban J connectivity index is 2.75. The SMILES string of the molecule is O=C(O)c1ccc(Br)cc1OCCC(F)(F)F. The summed E-state index contributed by atoms with van der Waals surface area (Å²) in [4.78, 5) is 10.8. The first-order valence-corrected chi connectivity index (χ1v) is 5.31. The summed E-state index contributed by atoms with van der Waals surface area (Å²) in [7, 11) is 0. The van der Waals surface area contributed by atoms with Gasteiger partial charge in [0.15, 0.2) is 0 Å². The average molecular weight is 313 g/mol. The van der Waals surface area contributed by atoms with E-state index in [1.165, 1.54) is 18.2 Å². The Morgan fingerprint density at radius 3 is 2.59 bits per heavy atom. The van der Waals surface area contributed by atoms with Crippen LogP contribution in [0, 0.1) is 0 Å². The number of halogens is 4. The molecule has 0 fully saturated rings. The molecule has 1 aromatic rings. The molecular weight excluding hydrogens is 305 g/mol. The van der Waals surface area contributed by atoms with Crippen molar-refractivity contribution in [3.63, 3.8) is 0 Å². The minimum absolute atomic E-state index is 0.0869. The molecule has 0 saturated heterocycles. The third-order valence-corrected chi connectivity index (χ3v) is 2.31. The van der Waals surface area contributed by atoms with E-state index in [1.54, 1.807) is 0 Å². The lowest BCUT2D eigenvalue weighted by atomic mass is 10.2. The molecule has 17 heavy (non-hydrogen) atoms. The second-order valence-electron chi connectivity index (χ2n) is 3.16. The molecule has 0 aliphatic rings. The van der Waals surface area contributed by atoms with Gasteiger partial charge in [0.05, 0.1) is 13.0 Å². The fraction of sp³-hybridized carbons (Fsp3) is 0.300. The van der Waals surface area contributed by atoms with Crippen LogP contribution < -0.4 is 4.74 Å². The van der Waals surface area contributed by atoms with Crippen LogP contribution in [0.25, 0.3) is 0 Å². The van der Waals surface area contributed by atoms with E-state index in [1.807, 2.05) is 0 Å². The first kappa shape index (κ1) is 13.8. The normalized spacial score (nSPS) is 11.3. The van der Waals surface area contributed by atoms with Gasteiger partial charge in [0.2, 0.25) is 0 Å². The van der Waals surface area contributed by atoms with E-state index in [2.05, 4.69) is 15.9 Å². The van der Waals surface area contributed by atoms with Crippen molar-refractivity contribution < 1.29 is 27.8 Å². The lowest BCUT2D eigenvalue weighted by molar-refractivity contribution is -0.139. The number of alkyl halides is 3. The van der Waals surface area contributed by atoms with Crippen LogP contribution in [-0.4, -0.2) is 23.9 Å². The lowest BCUT2D eigenvalue weighted by Crippen LogP contribution is -2.14. The molecule has 0 spiro atoms. The molecule has 0 aromatic heterocycles. The topological polar surface area (TPSA) is 46.5 Å². The van der Waals surface area contributed by atoms with Crippen molar-refractivity contribution in [3.8, 4) is 5.75 Å². The maximum atomic E-state index is 11.9. The summed E-state index contributed by atoms with van der Waals surface area (Å²) < 4.78 is 41.0. The molecule has 0 saturated carbocycles. The summed E-state index contributed by atoms with van der Waals surface area (Å²) in [6.45, 7) is -0.611. The fourth-order valence-corrected chi connectivity index (χ4v) is 1.41. The lowest BCUT2D eigenvalue weighted by Gasteiger charge is -2.11. The first-order chi connectivity index (χ1) is 7.79. The predicted octanol–water partition coefficient (Wildman–Crippen LogP) is 3.48. The van der Waals surface area contributed by atoms with Crippen LogP contribution in [0.5, 0.6) is 5.75 Å². The van der Waals surface area contributed by atoms with Crippen LogP contribution in [0.15, 0.2) is 22.7 Å². The van der Waals surface area contributed by atoms with Crippen LogP contribution in [0.4, 0.5) is 13.2 Å². The highest BCUT2D eigenvalue weighted by Gasteiger charge is 2.27. The molecule has 0 heterocycles. The molecule has 1 rings (SSSR count). The zero-order chi connectivity index (χ0) is 13.1. The Bertz CT molecular complexity index is 418. The van der Waals surface area contributed by atoms with Crippen LogP contribution in [0.3, 0.4) is 0 Å². The van der Waals surface area contributed by atoms with Gasteiger partial charge in [0.25, 0.3) is 0 Å². The van der Waals surface area contributed by atoms with E-state index in [0.29, 0.717) is 4.47 Å². The predicted molar refractivity (Wildman–Crippen MR) is 57.3 cm³/mol. The average Bonchev–Trinajstić information content (AvgIpc) is 2.15. The van der Waals surface area contributed by atoms with E-state index < -0.39 is 25.2 Å². The van der Waals surface area contributed by atoms with Crippen LogP contribution >= 0.6 is 15.9 Å². The molecule has 7 heteroatoms. The van der Waals surface area contributed by atoms with Gasteiger partial charge < -0.3 is 9.84 Å². The molecule has 0 amide bonds. The molecule has 0 aliphatic heterocycles. The van der Waals surface area contributed by atoms with Gasteiger partial charge in [-0.1, -0.05) is 15.9 Å². The Morgan fingerprint density at radius 2 is 2.06 bits per heavy atom. The molecule has 0 radical (unpaired) electrons. The smallest absolute Gasteiger partial charge is 0.392 e. The fourth-order valence-electron chi connectivity index (χ4n) is 1.07. The highest BCUT2D eigenvalue weighted by molar-refractivity contribution is 9.10. The molecule has 1 aromatic carbocycles. The molecular formula is C10H8BrF3O3. The maximum Gasteiger partial charge on any atom is 0.392 e. The molecule has 0 atom stereocenters. The Kier molecular flexibility index (Phi) is 4.39. The zero-order valence-electron chi connectivity index (χ0n) is 8.42. The van der Waals surface area contributed by atoms with Crippen molar-refractivity contribution in [2.75, 3.05) is 6.61 Å². The van der Waals surface area contributed by atoms with E-state index in [4.69, 9.17) is 9.84 Å². The van der Waals surface area contributed by atoms with Gasteiger partial charge >= 0.3 is 12.1 Å². The quantitative estimate of drug-likeness (QED) is 0.926. The third-order valence-electron chi connectivity index (χ3n) is 1.82. The number of carboxylic acid groups (broad SMARTS) is 1. The maximum absolute atomic E-state index is 11.9. The van der Waals surface area contributed by atoms with Crippen molar-refractivity contribution in [1.29, 1.82) is 0 Å². The monoisotopic (exact) mass is 312 g/mol. The molecule has 1 N–H and O–H groups in total. The molecule has 3 nitrogen and oxygen atoms in total. The van der Waals surface area contributed by atoms with E-state index in [9.17, 15) is 18.0 Å². The number of rotatable bonds is 4. The minimum Gasteiger partial charge on any atom is -0.492 e. The van der Waals surface area contributed by atoms with Crippen molar-refractivity contribution in [1.82, 2.24) is 0 Å². The van der Waals surface area contributed by atoms with Gasteiger partial charge in [-0.15, -0.1) is 0 Å². The summed E-state index contributed by atoms with van der Waals surface area (Å²) in [5, 5.41) is 8.80. The van der Waals surface area contributed by atoms with Crippen molar-refractivity contribution in [3.05, 3.63) is 28.2 Å². The Morgan fingerprint density at radius 1 is 1.41 bits per heavy atom. The number of hydrogen-bond donors (Lipinski definition) is 1. The second kappa shape index (κ2) is 5.39. The van der Waals surface area contributed by atoms with Gasteiger partial charge in [-0.25, -0.2) is 4.79 Å². The summed E-state index contributed by atoms with van der Waals surface area (Å²) in [6.07, 6.45) is -5.45. The van der Waals surface area contributed by atoms with E-state index in [-0.39, 0.29) is 11.3 Å². The molecule has 0 unspecified atom stereocenters. The summed E-state index contributed by atoms with van der Waals surface area (Å²) in [6, 6.07) is 4.05. The highest BCUT2D eigenvalue weighted by Crippen LogP contribution is 2.25. The van der Waals surface area contributed by atoms with Crippen molar-refractivity contribution >= 4 is 21.9 Å². The van der Waals surface area contributed by atoms with Gasteiger partial charge in [-0.3, -0.25) is 0 Å². The van der Waals surface area contributed by atoms with Gasteiger partial charge in [0, 0.05) is 4.47 Å². The van der Waals surface area contributed by atoms with Crippen LogP contribution in [-0.2, 0) is 0 Å². The van der Waals surface area contributed by atoms with Gasteiger partial charge in [-0.05, 0) is 18.2 Å². The molecule has 94 valence electrons. The number of ether oxygens (including phenoxy) is 1. The summed E-state index contributed by atoms with van der Waals surface area (Å²) in [5.41, 5.74) is -0.171. The second-order valence-corrected chi connectivity index (χ2v) is 4.07. The number of aromatic carboxylic acids is 1. The van der Waals surface area contributed by atoms with Gasteiger partial charge in [0.1, 0.15) is 11.3 Å². The molecule has 0 bridgehead atoms. The standard InChI is InChI=1S/C10H8BrF3O3/c11-6-1-2-7(9(15)16)8(5-6)17-4-3-10(12,13)14/h1-2,5H,3-4H2,(H,15,16). The summed E-state index contributed by atoms with van der Waals surface area (Å²) in [5.74, 6) is -1.34. The highest BCUT2D eigenvalue weighted by atomic mass is 79.9. The van der Waals surface area contributed by atoms with E-state index in [0.717, 1.165) is 0 Å². The van der Waals surface area contributed by atoms with Crippen LogP contribution in [0.1, 0.15) is 16.8 Å². The summed E-state index contributed by atoms with van der Waals surface area (Å²) >= 11 is 3.08. The first-order valence-electron chi connectivity index (χ1n) is 4.52. The Labute approximate surface area is 103 Å². The van der Waals surface area contributed by atoms with Crippen LogP contribution in [0.2, 0.25) is 0 Å². The van der Waals surface area contributed by atoms with Gasteiger partial charge in [-0.2, -0.15) is 13.2 Å². The molecule has 0 aliphatic carbocycles. The number of benzene rings is 1. The number of carbonyl (C=O) groups is 1. The van der Waals surface area contributed by atoms with Crippen molar-refractivity contribution in [2.24, 2.45) is 0 Å². The third kappa shape index (κ3) is 4.64.